The number of hydrogen-bond donors (Lipinski definition) is 2. The van der Waals surface area contributed by atoms with Crippen LogP contribution in [0.1, 0.15) is 42.3 Å². The van der Waals surface area contributed by atoms with E-state index in [9.17, 15) is 19.1 Å². The van der Waals surface area contributed by atoms with Crippen molar-refractivity contribution >= 4 is 12.1 Å². The number of rotatable bonds is 5. The van der Waals surface area contributed by atoms with Gasteiger partial charge in [0.1, 0.15) is 11.4 Å². The van der Waals surface area contributed by atoms with Gasteiger partial charge >= 0.3 is 12.1 Å². The second kappa shape index (κ2) is 8.84. The number of aliphatic hydroxyl groups is 1. The molecule has 0 saturated carbocycles. The molecule has 0 saturated heterocycles. The Balaban J connectivity index is 2.35. The SMILES string of the molecule is COC(=O)c1cc(CNC(=O)OC(C)(C)C)cc(-c2ccc(F)c(CO)c2)c1. The first-order valence-corrected chi connectivity index (χ1v) is 8.71. The smallest absolute Gasteiger partial charge is 0.407 e. The molecule has 0 aliphatic rings. The highest BCUT2D eigenvalue weighted by molar-refractivity contribution is 5.91. The molecule has 2 N–H and O–H groups in total. The molecule has 0 heterocycles. The van der Waals surface area contributed by atoms with Gasteiger partial charge in [-0.15, -0.1) is 0 Å². The highest BCUT2D eigenvalue weighted by Gasteiger charge is 2.17. The van der Waals surface area contributed by atoms with Gasteiger partial charge in [-0.1, -0.05) is 6.07 Å². The summed E-state index contributed by atoms with van der Waals surface area (Å²) in [6, 6.07) is 9.29. The molecule has 0 spiro atoms. The van der Waals surface area contributed by atoms with E-state index in [4.69, 9.17) is 9.47 Å². The number of carbonyl (C=O) groups is 2. The molecular formula is C21H24FNO5. The van der Waals surface area contributed by atoms with Gasteiger partial charge in [0.25, 0.3) is 0 Å². The minimum atomic E-state index is -0.627. The van der Waals surface area contributed by atoms with E-state index < -0.39 is 30.1 Å². The van der Waals surface area contributed by atoms with Gasteiger partial charge < -0.3 is 19.9 Å². The summed E-state index contributed by atoms with van der Waals surface area (Å²) in [5.74, 6) is -1.05. The normalized spacial score (nSPS) is 11.1. The quantitative estimate of drug-likeness (QED) is 0.760. The predicted octanol–water partition coefficient (Wildman–Crippen LogP) is 3.80. The van der Waals surface area contributed by atoms with Crippen LogP contribution in [-0.4, -0.2) is 29.9 Å². The summed E-state index contributed by atoms with van der Waals surface area (Å²) in [7, 11) is 1.27. The molecule has 2 aromatic carbocycles. The fourth-order valence-electron chi connectivity index (χ4n) is 2.56. The average molecular weight is 389 g/mol. The number of halogens is 1. The largest absolute Gasteiger partial charge is 0.465 e. The Morgan fingerprint density at radius 1 is 1.11 bits per heavy atom. The summed E-state index contributed by atoms with van der Waals surface area (Å²) in [6.07, 6.45) is -0.582. The van der Waals surface area contributed by atoms with Gasteiger partial charge in [0.2, 0.25) is 0 Å². The minimum Gasteiger partial charge on any atom is -0.465 e. The first kappa shape index (κ1) is 21.4. The first-order valence-electron chi connectivity index (χ1n) is 8.71. The zero-order valence-corrected chi connectivity index (χ0v) is 16.3. The van der Waals surface area contributed by atoms with E-state index in [0.717, 1.165) is 0 Å². The lowest BCUT2D eigenvalue weighted by Gasteiger charge is -2.20. The lowest BCUT2D eigenvalue weighted by atomic mass is 9.98. The Morgan fingerprint density at radius 2 is 1.82 bits per heavy atom. The van der Waals surface area contributed by atoms with E-state index >= 15 is 0 Å². The maximum Gasteiger partial charge on any atom is 0.407 e. The maximum atomic E-state index is 13.7. The molecule has 0 aromatic heterocycles. The van der Waals surface area contributed by atoms with Crippen LogP contribution in [0, 0.1) is 5.82 Å². The van der Waals surface area contributed by atoms with Crippen molar-refractivity contribution in [2.75, 3.05) is 7.11 Å². The lowest BCUT2D eigenvalue weighted by molar-refractivity contribution is 0.0523. The number of alkyl carbamates (subject to hydrolysis) is 1. The highest BCUT2D eigenvalue weighted by atomic mass is 19.1. The summed E-state index contributed by atoms with van der Waals surface area (Å²) in [5.41, 5.74) is 1.69. The Morgan fingerprint density at radius 3 is 2.43 bits per heavy atom. The Bertz CT molecular complexity index is 874. The Labute approximate surface area is 163 Å². The lowest BCUT2D eigenvalue weighted by Crippen LogP contribution is -2.32. The van der Waals surface area contributed by atoms with Crippen LogP contribution in [0.15, 0.2) is 36.4 Å². The second-order valence-corrected chi connectivity index (χ2v) is 7.23. The van der Waals surface area contributed by atoms with Crippen molar-refractivity contribution in [2.45, 2.75) is 39.5 Å². The molecule has 2 aromatic rings. The molecule has 0 atom stereocenters. The molecule has 0 fully saturated rings. The molecule has 1 amide bonds. The third-order valence-corrected chi connectivity index (χ3v) is 3.80. The van der Waals surface area contributed by atoms with Gasteiger partial charge in [-0.25, -0.2) is 14.0 Å². The Hall–Kier alpha value is -2.93. The van der Waals surface area contributed by atoms with Crippen LogP contribution < -0.4 is 5.32 Å². The number of amides is 1. The van der Waals surface area contributed by atoms with Gasteiger partial charge in [0.15, 0.2) is 0 Å². The molecule has 0 bridgehead atoms. The number of esters is 1. The molecule has 150 valence electrons. The van der Waals surface area contributed by atoms with E-state index in [-0.39, 0.29) is 17.7 Å². The predicted molar refractivity (Wildman–Crippen MR) is 102 cm³/mol. The number of methoxy groups -OCH3 is 1. The second-order valence-electron chi connectivity index (χ2n) is 7.23. The van der Waals surface area contributed by atoms with Crippen molar-refractivity contribution in [3.8, 4) is 11.1 Å². The molecule has 0 unspecified atom stereocenters. The fraction of sp³-hybridized carbons (Fsp3) is 0.333. The van der Waals surface area contributed by atoms with E-state index in [0.29, 0.717) is 16.7 Å². The van der Waals surface area contributed by atoms with Crippen molar-refractivity contribution in [2.24, 2.45) is 0 Å². The van der Waals surface area contributed by atoms with Crippen LogP contribution >= 0.6 is 0 Å². The summed E-state index contributed by atoms with van der Waals surface area (Å²) in [5, 5.41) is 11.9. The standard InChI is InChI=1S/C21H24FNO5/c1-21(2,3)28-20(26)23-11-13-7-15(10-16(8-13)19(25)27-4)14-5-6-18(22)17(9-14)12-24/h5-10,24H,11-12H2,1-4H3,(H,23,26). The number of carbonyl (C=O) groups excluding carboxylic acids is 2. The summed E-state index contributed by atoms with van der Waals surface area (Å²) < 4.78 is 23.7. The molecule has 0 radical (unpaired) electrons. The van der Waals surface area contributed by atoms with Gasteiger partial charge in [-0.2, -0.15) is 0 Å². The van der Waals surface area contributed by atoms with Gasteiger partial charge in [-0.3, -0.25) is 0 Å². The van der Waals surface area contributed by atoms with Crippen LogP contribution in [0.4, 0.5) is 9.18 Å². The van der Waals surface area contributed by atoms with Crippen LogP contribution in [0.3, 0.4) is 0 Å². The number of ether oxygens (including phenoxy) is 2. The van der Waals surface area contributed by atoms with E-state index in [2.05, 4.69) is 5.32 Å². The number of aliphatic hydroxyl groups excluding tert-OH is 1. The molecule has 0 aliphatic heterocycles. The maximum absolute atomic E-state index is 13.7. The minimum absolute atomic E-state index is 0.126. The molecule has 0 aliphatic carbocycles. The van der Waals surface area contributed by atoms with Crippen molar-refractivity contribution < 1.29 is 28.6 Å². The van der Waals surface area contributed by atoms with Crippen LogP contribution in [0.25, 0.3) is 11.1 Å². The van der Waals surface area contributed by atoms with Crippen LogP contribution in [0.5, 0.6) is 0 Å². The molecule has 6 nitrogen and oxygen atoms in total. The zero-order valence-electron chi connectivity index (χ0n) is 16.3. The van der Waals surface area contributed by atoms with Crippen molar-refractivity contribution in [3.63, 3.8) is 0 Å². The van der Waals surface area contributed by atoms with E-state index in [1.807, 2.05) is 0 Å². The monoisotopic (exact) mass is 389 g/mol. The Kier molecular flexibility index (Phi) is 6.75. The van der Waals surface area contributed by atoms with Gasteiger partial charge in [0.05, 0.1) is 19.3 Å². The average Bonchev–Trinajstić information content (AvgIpc) is 2.64. The van der Waals surface area contributed by atoms with Crippen LogP contribution in [0.2, 0.25) is 0 Å². The molecular weight excluding hydrogens is 365 g/mol. The van der Waals surface area contributed by atoms with Crippen molar-refractivity contribution in [1.29, 1.82) is 0 Å². The molecule has 2 rings (SSSR count). The summed E-state index contributed by atoms with van der Waals surface area (Å²) in [4.78, 5) is 23.9. The van der Waals surface area contributed by atoms with Gasteiger partial charge in [0, 0.05) is 12.1 Å². The number of benzene rings is 2. The number of nitrogens with one attached hydrogen (secondary N) is 1. The van der Waals surface area contributed by atoms with Crippen molar-refractivity contribution in [3.05, 3.63) is 58.9 Å². The van der Waals surface area contributed by atoms with E-state index in [1.54, 1.807) is 45.0 Å². The van der Waals surface area contributed by atoms with Crippen molar-refractivity contribution in [1.82, 2.24) is 5.32 Å². The number of hydrogen-bond acceptors (Lipinski definition) is 5. The summed E-state index contributed by atoms with van der Waals surface area (Å²) >= 11 is 0. The molecule has 7 heteroatoms. The van der Waals surface area contributed by atoms with Crippen LogP contribution in [-0.2, 0) is 22.6 Å². The van der Waals surface area contributed by atoms with Gasteiger partial charge in [-0.05, 0) is 67.8 Å². The third-order valence-electron chi connectivity index (χ3n) is 3.80. The topological polar surface area (TPSA) is 84.9 Å². The first-order chi connectivity index (χ1) is 13.1. The molecule has 28 heavy (non-hydrogen) atoms. The van der Waals surface area contributed by atoms with E-state index in [1.165, 1.54) is 19.2 Å². The zero-order chi connectivity index (χ0) is 20.9. The highest BCUT2D eigenvalue weighted by Crippen LogP contribution is 2.25. The summed E-state index contributed by atoms with van der Waals surface area (Å²) in [6.45, 7) is 4.96. The third kappa shape index (κ3) is 5.79. The fourth-order valence-corrected chi connectivity index (χ4v) is 2.56.